The normalized spacial score (nSPS) is 10.9. The lowest BCUT2D eigenvalue weighted by atomic mass is 10.0. The van der Waals surface area contributed by atoms with E-state index in [1.807, 2.05) is 67.6 Å². The van der Waals surface area contributed by atoms with Crippen molar-refractivity contribution < 1.29 is 38.1 Å². The quantitative estimate of drug-likeness (QED) is 0.134. The van der Waals surface area contributed by atoms with Gasteiger partial charge in [0.05, 0.1) is 88.8 Å². The highest BCUT2D eigenvalue weighted by Gasteiger charge is 2.19. The van der Waals surface area contributed by atoms with Gasteiger partial charge < -0.3 is 18.9 Å². The van der Waals surface area contributed by atoms with Gasteiger partial charge in [-0.05, 0) is 54.4 Å². The first-order valence-electron chi connectivity index (χ1n) is 15.3. The van der Waals surface area contributed by atoms with Gasteiger partial charge in [-0.2, -0.15) is 0 Å². The van der Waals surface area contributed by atoms with Crippen LogP contribution in [0.4, 0.5) is 0 Å². The molecule has 1 aromatic carbocycles. The van der Waals surface area contributed by atoms with Crippen molar-refractivity contribution in [1.29, 1.82) is 0 Å². The standard InChI is InChI=1S/C36H39N5O8/c1-24-12-14-25(15-13-24)26-16-31(29-10-6-8-27(37-29)18-40(20-33(42)46-2)21-34(43)47-3)39-32(17-26)30-11-7-9-28(38-30)19-41(22-35(44)48-4)23-36(45)49-5/h6-17H,18-23H2,1-5H3. The van der Waals surface area contributed by atoms with Crippen molar-refractivity contribution in [3.05, 3.63) is 89.7 Å². The fourth-order valence-electron chi connectivity index (χ4n) is 4.91. The van der Waals surface area contributed by atoms with E-state index in [-0.39, 0.29) is 39.3 Å². The van der Waals surface area contributed by atoms with Crippen LogP contribution in [0.5, 0.6) is 0 Å². The van der Waals surface area contributed by atoms with Crippen molar-refractivity contribution in [3.8, 4) is 33.9 Å². The molecule has 0 saturated carbocycles. The van der Waals surface area contributed by atoms with E-state index in [4.69, 9.17) is 33.9 Å². The number of rotatable bonds is 15. The number of hydrogen-bond acceptors (Lipinski definition) is 13. The van der Waals surface area contributed by atoms with Crippen LogP contribution in [0.15, 0.2) is 72.8 Å². The molecular weight excluding hydrogens is 630 g/mol. The average molecular weight is 670 g/mol. The van der Waals surface area contributed by atoms with Crippen LogP contribution >= 0.6 is 0 Å². The molecule has 0 spiro atoms. The zero-order chi connectivity index (χ0) is 35.3. The van der Waals surface area contributed by atoms with Crippen molar-refractivity contribution >= 4 is 23.9 Å². The van der Waals surface area contributed by atoms with Crippen LogP contribution < -0.4 is 0 Å². The first-order chi connectivity index (χ1) is 23.6. The van der Waals surface area contributed by atoms with Gasteiger partial charge in [-0.25, -0.2) is 15.0 Å². The Bertz CT molecular complexity index is 1640. The Labute approximate surface area is 284 Å². The van der Waals surface area contributed by atoms with Crippen molar-refractivity contribution in [2.24, 2.45) is 0 Å². The molecule has 4 aromatic rings. The third-order valence-electron chi connectivity index (χ3n) is 7.44. The lowest BCUT2D eigenvalue weighted by molar-refractivity contribution is -0.147. The number of methoxy groups -OCH3 is 4. The highest BCUT2D eigenvalue weighted by atomic mass is 16.5. The molecule has 0 radical (unpaired) electrons. The van der Waals surface area contributed by atoms with Gasteiger partial charge in [-0.15, -0.1) is 0 Å². The van der Waals surface area contributed by atoms with E-state index in [0.717, 1.165) is 16.7 Å². The summed E-state index contributed by atoms with van der Waals surface area (Å²) in [6.07, 6.45) is 0. The number of ether oxygens (including phenoxy) is 4. The highest BCUT2D eigenvalue weighted by molar-refractivity contribution is 5.76. The van der Waals surface area contributed by atoms with Crippen molar-refractivity contribution in [2.75, 3.05) is 54.6 Å². The summed E-state index contributed by atoms with van der Waals surface area (Å²) in [6.45, 7) is 1.89. The minimum Gasteiger partial charge on any atom is -0.468 e. The van der Waals surface area contributed by atoms with E-state index in [1.54, 1.807) is 21.9 Å². The van der Waals surface area contributed by atoms with Crippen LogP contribution in [0.1, 0.15) is 17.0 Å². The van der Waals surface area contributed by atoms with E-state index >= 15 is 0 Å². The van der Waals surface area contributed by atoms with E-state index < -0.39 is 23.9 Å². The summed E-state index contributed by atoms with van der Waals surface area (Å²) >= 11 is 0. The smallest absolute Gasteiger partial charge is 0.319 e. The zero-order valence-corrected chi connectivity index (χ0v) is 28.2. The molecule has 13 nitrogen and oxygen atoms in total. The number of esters is 4. The predicted octanol–water partition coefficient (Wildman–Crippen LogP) is 3.48. The number of nitrogens with zero attached hydrogens (tertiary/aromatic N) is 5. The van der Waals surface area contributed by atoms with Crippen molar-refractivity contribution in [1.82, 2.24) is 24.8 Å². The van der Waals surface area contributed by atoms with E-state index in [9.17, 15) is 19.2 Å². The fourth-order valence-corrected chi connectivity index (χ4v) is 4.91. The number of benzene rings is 1. The molecule has 49 heavy (non-hydrogen) atoms. The number of aromatic nitrogens is 3. The predicted molar refractivity (Wildman–Crippen MR) is 179 cm³/mol. The first-order valence-corrected chi connectivity index (χ1v) is 15.3. The van der Waals surface area contributed by atoms with Crippen LogP contribution in [0.2, 0.25) is 0 Å². The van der Waals surface area contributed by atoms with E-state index in [1.165, 1.54) is 28.4 Å². The Kier molecular flexibility index (Phi) is 13.0. The Morgan fingerprint density at radius 1 is 0.510 bits per heavy atom. The molecular formula is C36H39N5O8. The monoisotopic (exact) mass is 669 g/mol. The summed E-state index contributed by atoms with van der Waals surface area (Å²) in [5.41, 5.74) is 6.47. The Morgan fingerprint density at radius 2 is 0.898 bits per heavy atom. The molecule has 0 aliphatic rings. The van der Waals surface area contributed by atoms with Crippen molar-refractivity contribution in [3.63, 3.8) is 0 Å². The number of hydrogen-bond donors (Lipinski definition) is 0. The molecule has 0 fully saturated rings. The molecule has 0 atom stereocenters. The third kappa shape index (κ3) is 10.7. The van der Waals surface area contributed by atoms with Gasteiger partial charge in [-0.1, -0.05) is 42.0 Å². The first kappa shape index (κ1) is 36.3. The van der Waals surface area contributed by atoms with Gasteiger partial charge in [0.25, 0.3) is 0 Å². The maximum atomic E-state index is 12.0. The SMILES string of the molecule is COC(=O)CN(CC(=O)OC)Cc1cccc(-c2cc(-c3ccc(C)cc3)cc(-c3cccc(CN(CC(=O)OC)CC(=O)OC)n3)n2)n1. The summed E-state index contributed by atoms with van der Waals surface area (Å²) in [7, 11) is 5.14. The molecule has 256 valence electrons. The van der Waals surface area contributed by atoms with Gasteiger partial charge in [0, 0.05) is 13.1 Å². The maximum absolute atomic E-state index is 12.0. The molecule has 4 rings (SSSR count). The number of carbonyl (C=O) groups excluding carboxylic acids is 4. The summed E-state index contributed by atoms with van der Waals surface area (Å²) in [5, 5.41) is 0. The molecule has 0 aliphatic heterocycles. The second-order valence-electron chi connectivity index (χ2n) is 11.1. The lowest BCUT2D eigenvalue weighted by Gasteiger charge is -2.20. The van der Waals surface area contributed by atoms with Crippen LogP contribution in [0.3, 0.4) is 0 Å². The Balaban J connectivity index is 1.73. The van der Waals surface area contributed by atoms with Gasteiger partial charge >= 0.3 is 23.9 Å². The van der Waals surface area contributed by atoms with Gasteiger partial charge in [-0.3, -0.25) is 29.0 Å². The number of aryl methyl sites for hydroxylation is 1. The van der Waals surface area contributed by atoms with Gasteiger partial charge in [0.1, 0.15) is 0 Å². The van der Waals surface area contributed by atoms with Gasteiger partial charge in [0.2, 0.25) is 0 Å². The van der Waals surface area contributed by atoms with Crippen molar-refractivity contribution in [2.45, 2.75) is 20.0 Å². The molecule has 3 aromatic heterocycles. The molecule has 13 heteroatoms. The molecule has 0 amide bonds. The molecule has 0 aliphatic carbocycles. The molecule has 0 bridgehead atoms. The molecule has 3 heterocycles. The summed E-state index contributed by atoms with van der Waals surface area (Å²) in [4.78, 5) is 66.0. The second-order valence-corrected chi connectivity index (χ2v) is 11.1. The second kappa shape index (κ2) is 17.6. The largest absolute Gasteiger partial charge is 0.468 e. The zero-order valence-electron chi connectivity index (χ0n) is 28.2. The van der Waals surface area contributed by atoms with Crippen LogP contribution in [0, 0.1) is 6.92 Å². The van der Waals surface area contributed by atoms with E-state index in [0.29, 0.717) is 34.2 Å². The van der Waals surface area contributed by atoms with Crippen LogP contribution in [-0.4, -0.2) is 103 Å². The minimum atomic E-state index is -0.495. The number of carbonyl (C=O) groups is 4. The average Bonchev–Trinajstić information content (AvgIpc) is 3.11. The fraction of sp³-hybridized carbons (Fsp3) is 0.306. The molecule has 0 saturated heterocycles. The van der Waals surface area contributed by atoms with E-state index in [2.05, 4.69) is 0 Å². The van der Waals surface area contributed by atoms with Crippen LogP contribution in [-0.2, 0) is 51.2 Å². The summed E-state index contributed by atoms with van der Waals surface area (Å²) in [5.74, 6) is -1.98. The van der Waals surface area contributed by atoms with Crippen LogP contribution in [0.25, 0.3) is 33.9 Å². The maximum Gasteiger partial charge on any atom is 0.319 e. The minimum absolute atomic E-state index is 0.124. The Morgan fingerprint density at radius 3 is 1.27 bits per heavy atom. The lowest BCUT2D eigenvalue weighted by Crippen LogP contribution is -2.35. The number of pyridine rings is 3. The van der Waals surface area contributed by atoms with Gasteiger partial charge in [0.15, 0.2) is 0 Å². The summed E-state index contributed by atoms with van der Waals surface area (Å²) < 4.78 is 19.2. The topological polar surface area (TPSA) is 150 Å². The summed E-state index contributed by atoms with van der Waals surface area (Å²) in [6, 6.07) is 22.9. The highest BCUT2D eigenvalue weighted by Crippen LogP contribution is 2.29. The Hall–Kier alpha value is -5.53. The molecule has 0 unspecified atom stereocenters. The third-order valence-corrected chi connectivity index (χ3v) is 7.44. The molecule has 0 N–H and O–H groups in total.